The Labute approximate surface area is 183 Å². The Morgan fingerprint density at radius 3 is 2.30 bits per heavy atom. The van der Waals surface area contributed by atoms with Crippen molar-refractivity contribution < 1.29 is 14.4 Å². The van der Waals surface area contributed by atoms with E-state index in [1.54, 1.807) is 36.4 Å². The summed E-state index contributed by atoms with van der Waals surface area (Å²) in [5, 5.41) is 22.2. The second-order valence-electron chi connectivity index (χ2n) is 8.07. The molecule has 1 atom stereocenters. The normalized spacial score (nSPS) is 25.2. The molecule has 9 heteroatoms. The molecule has 3 aliphatic carbocycles. The molecule has 0 saturated heterocycles. The van der Waals surface area contributed by atoms with Crippen LogP contribution in [0.2, 0.25) is 10.0 Å². The zero-order chi connectivity index (χ0) is 20.8. The lowest BCUT2D eigenvalue weighted by atomic mass is 9.44. The van der Waals surface area contributed by atoms with Crippen molar-refractivity contribution in [3.8, 4) is 17.1 Å². The molecule has 0 aliphatic heterocycles. The minimum Gasteiger partial charge on any atom is -0.489 e. The number of hydrogen-bond acceptors (Lipinski definition) is 7. The molecule has 30 heavy (non-hydrogen) atoms. The van der Waals surface area contributed by atoms with Crippen molar-refractivity contribution in [2.75, 3.05) is 11.9 Å². The van der Waals surface area contributed by atoms with Crippen molar-refractivity contribution in [3.63, 3.8) is 0 Å². The monoisotopic (exact) mass is 446 g/mol. The van der Waals surface area contributed by atoms with Gasteiger partial charge in [0, 0.05) is 26.7 Å². The third-order valence-corrected chi connectivity index (χ3v) is 6.13. The van der Waals surface area contributed by atoms with E-state index in [-0.39, 0.29) is 17.7 Å². The third-order valence-electron chi connectivity index (χ3n) is 5.63. The van der Waals surface area contributed by atoms with Gasteiger partial charge >= 0.3 is 6.01 Å². The summed E-state index contributed by atoms with van der Waals surface area (Å²) in [7, 11) is 0. The highest BCUT2D eigenvalue weighted by Crippen LogP contribution is 2.61. The van der Waals surface area contributed by atoms with Crippen LogP contribution in [0.3, 0.4) is 0 Å². The Morgan fingerprint density at radius 1 is 1.00 bits per heavy atom. The first-order valence-corrected chi connectivity index (χ1v) is 10.4. The van der Waals surface area contributed by atoms with Gasteiger partial charge in [-0.2, -0.15) is 4.98 Å². The van der Waals surface area contributed by atoms with Gasteiger partial charge < -0.3 is 19.7 Å². The van der Waals surface area contributed by atoms with Crippen LogP contribution in [0.25, 0.3) is 11.4 Å². The predicted molar refractivity (Wildman–Crippen MR) is 114 cm³/mol. The largest absolute Gasteiger partial charge is 0.489 e. The van der Waals surface area contributed by atoms with Crippen molar-refractivity contribution >= 4 is 29.2 Å². The molecule has 2 aromatic carbocycles. The summed E-state index contributed by atoms with van der Waals surface area (Å²) in [5.74, 6) is 1.19. The Hall–Kier alpha value is -2.32. The van der Waals surface area contributed by atoms with Crippen LogP contribution in [0, 0.1) is 0 Å². The molecule has 0 amide bonds. The van der Waals surface area contributed by atoms with Crippen molar-refractivity contribution in [1.29, 1.82) is 0 Å². The average Bonchev–Trinajstić information content (AvgIpc) is 3.14. The van der Waals surface area contributed by atoms with Gasteiger partial charge in [0.25, 0.3) is 0 Å². The molecule has 0 radical (unpaired) electrons. The van der Waals surface area contributed by atoms with Crippen molar-refractivity contribution in [3.05, 3.63) is 58.6 Å². The fourth-order valence-corrected chi connectivity index (χ4v) is 4.64. The fraction of sp³-hybridized carbons (Fsp3) is 0.333. The van der Waals surface area contributed by atoms with Crippen LogP contribution in [-0.4, -0.2) is 39.2 Å². The first kappa shape index (κ1) is 19.6. The highest BCUT2D eigenvalue weighted by atomic mass is 35.5. The van der Waals surface area contributed by atoms with Gasteiger partial charge in [-0.1, -0.05) is 28.4 Å². The standard InChI is InChI=1S/C21H20Cl2N4O3/c22-14-3-1-13(2-4-14)18-24-19(30-27-18)26-21-10-20(11-21,12-21)25-17(28)9-29-16-7-5-15(23)6-8-16/h1-8,17,25,28H,9-12H2,(H,24,26,27). The SMILES string of the molecule is OC(COc1ccc(Cl)cc1)NC12CC(Nc3nc(-c4ccc(Cl)cc4)no3)(C1)C2. The molecule has 0 spiro atoms. The molecule has 1 unspecified atom stereocenters. The molecular weight excluding hydrogens is 427 g/mol. The number of nitrogens with zero attached hydrogens (tertiary/aromatic N) is 2. The molecular formula is C21H20Cl2N4O3. The number of halogens is 2. The lowest BCUT2D eigenvalue weighted by molar-refractivity contribution is -0.102. The number of aliphatic hydroxyl groups excluding tert-OH is 1. The Bertz CT molecular complexity index is 1020. The van der Waals surface area contributed by atoms with E-state index in [1.165, 1.54) is 0 Å². The van der Waals surface area contributed by atoms with Crippen LogP contribution in [0.1, 0.15) is 19.3 Å². The van der Waals surface area contributed by atoms with E-state index in [4.69, 9.17) is 32.5 Å². The summed E-state index contributed by atoms with van der Waals surface area (Å²) >= 11 is 11.8. The molecule has 2 bridgehead atoms. The molecule has 3 N–H and O–H groups in total. The summed E-state index contributed by atoms with van der Waals surface area (Å²) < 4.78 is 11.0. The van der Waals surface area contributed by atoms with E-state index in [2.05, 4.69) is 20.8 Å². The third kappa shape index (κ3) is 3.86. The number of rotatable bonds is 8. The summed E-state index contributed by atoms with van der Waals surface area (Å²) in [5.41, 5.74) is 0.707. The summed E-state index contributed by atoms with van der Waals surface area (Å²) in [4.78, 5) is 4.42. The minimum absolute atomic E-state index is 0.0619. The summed E-state index contributed by atoms with van der Waals surface area (Å²) in [6.07, 6.45) is 1.86. The smallest absolute Gasteiger partial charge is 0.322 e. The van der Waals surface area contributed by atoms with Gasteiger partial charge in [-0.15, -0.1) is 0 Å². The maximum Gasteiger partial charge on any atom is 0.322 e. The van der Waals surface area contributed by atoms with Gasteiger partial charge in [0.2, 0.25) is 5.82 Å². The first-order valence-electron chi connectivity index (χ1n) is 9.65. The quantitative estimate of drug-likeness (QED) is 0.448. The van der Waals surface area contributed by atoms with Crippen LogP contribution in [-0.2, 0) is 0 Å². The highest BCUT2D eigenvalue weighted by Gasteiger charge is 2.68. The van der Waals surface area contributed by atoms with Crippen LogP contribution >= 0.6 is 23.2 Å². The topological polar surface area (TPSA) is 92.4 Å². The molecule has 3 fully saturated rings. The van der Waals surface area contributed by atoms with E-state index in [9.17, 15) is 5.11 Å². The predicted octanol–water partition coefficient (Wildman–Crippen LogP) is 4.12. The minimum atomic E-state index is -0.751. The van der Waals surface area contributed by atoms with E-state index in [0.717, 1.165) is 24.8 Å². The Morgan fingerprint density at radius 2 is 1.63 bits per heavy atom. The molecule has 3 aromatic rings. The lowest BCUT2D eigenvalue weighted by Crippen LogP contribution is -2.82. The number of anilines is 1. The zero-order valence-corrected chi connectivity index (χ0v) is 17.5. The number of hydrogen-bond donors (Lipinski definition) is 3. The maximum atomic E-state index is 10.3. The van der Waals surface area contributed by atoms with Crippen molar-refractivity contribution in [1.82, 2.24) is 15.5 Å². The van der Waals surface area contributed by atoms with Gasteiger partial charge in [0.15, 0.2) is 0 Å². The zero-order valence-electron chi connectivity index (χ0n) is 15.9. The van der Waals surface area contributed by atoms with Gasteiger partial charge in [0.1, 0.15) is 18.6 Å². The average molecular weight is 447 g/mol. The number of benzene rings is 2. The van der Waals surface area contributed by atoms with Crippen molar-refractivity contribution in [2.45, 2.75) is 36.6 Å². The number of nitrogens with one attached hydrogen (secondary N) is 2. The molecule has 3 aliphatic rings. The Balaban J connectivity index is 1.10. The molecule has 7 nitrogen and oxygen atoms in total. The van der Waals surface area contributed by atoms with Crippen LogP contribution in [0.5, 0.6) is 5.75 Å². The van der Waals surface area contributed by atoms with Crippen LogP contribution in [0.15, 0.2) is 53.1 Å². The first-order chi connectivity index (χ1) is 14.4. The number of aliphatic hydroxyl groups is 1. The second kappa shape index (κ2) is 7.42. The van der Waals surface area contributed by atoms with E-state index in [1.807, 2.05) is 12.1 Å². The van der Waals surface area contributed by atoms with Gasteiger partial charge in [-0.3, -0.25) is 5.32 Å². The van der Waals surface area contributed by atoms with Crippen LogP contribution < -0.4 is 15.4 Å². The van der Waals surface area contributed by atoms with E-state index < -0.39 is 6.23 Å². The summed E-state index contributed by atoms with van der Waals surface area (Å²) in [6, 6.07) is 14.7. The van der Waals surface area contributed by atoms with E-state index in [0.29, 0.717) is 27.6 Å². The second-order valence-corrected chi connectivity index (χ2v) is 8.94. The van der Waals surface area contributed by atoms with Gasteiger partial charge in [-0.25, -0.2) is 0 Å². The van der Waals surface area contributed by atoms with Crippen molar-refractivity contribution in [2.24, 2.45) is 0 Å². The van der Waals surface area contributed by atoms with E-state index >= 15 is 0 Å². The highest BCUT2D eigenvalue weighted by molar-refractivity contribution is 6.30. The van der Waals surface area contributed by atoms with Crippen LogP contribution in [0.4, 0.5) is 6.01 Å². The van der Waals surface area contributed by atoms with Gasteiger partial charge in [0.05, 0.1) is 0 Å². The molecule has 156 valence electrons. The number of ether oxygens (including phenoxy) is 1. The molecule has 1 heterocycles. The maximum absolute atomic E-state index is 10.3. The lowest BCUT2D eigenvalue weighted by Gasteiger charge is -2.70. The van der Waals surface area contributed by atoms with Gasteiger partial charge in [-0.05, 0) is 67.8 Å². The fourth-order valence-electron chi connectivity index (χ4n) is 4.39. The Kier molecular flexibility index (Phi) is 4.86. The molecule has 3 saturated carbocycles. The molecule has 6 rings (SSSR count). The molecule has 1 aromatic heterocycles. The number of aromatic nitrogens is 2. The summed E-state index contributed by atoms with van der Waals surface area (Å²) in [6.45, 7) is 0.165.